The summed E-state index contributed by atoms with van der Waals surface area (Å²) in [4.78, 5) is 0. The maximum absolute atomic E-state index is 8.97. The highest BCUT2D eigenvalue weighted by molar-refractivity contribution is 5.20. The van der Waals surface area contributed by atoms with Crippen molar-refractivity contribution in [1.29, 1.82) is 0 Å². The van der Waals surface area contributed by atoms with Crippen LogP contribution in [0.5, 0.6) is 0 Å². The van der Waals surface area contributed by atoms with E-state index in [1.807, 2.05) is 19.9 Å². The molecule has 1 aromatic rings. The van der Waals surface area contributed by atoms with E-state index in [2.05, 4.69) is 0 Å². The van der Waals surface area contributed by atoms with Crippen LogP contribution in [-0.2, 0) is 0 Å². The zero-order valence-electron chi connectivity index (χ0n) is 8.86. The average Bonchev–Trinajstić information content (AvgIpc) is 2.60. The Bertz CT molecular complexity index is 270. The van der Waals surface area contributed by atoms with Crippen LogP contribution < -0.4 is 5.73 Å². The van der Waals surface area contributed by atoms with Crippen LogP contribution in [0.15, 0.2) is 16.7 Å². The Kier molecular flexibility index (Phi) is 4.17. The molecule has 0 saturated heterocycles. The van der Waals surface area contributed by atoms with Crippen LogP contribution in [0.4, 0.5) is 0 Å². The molecule has 0 aliphatic heterocycles. The van der Waals surface area contributed by atoms with E-state index in [1.54, 1.807) is 6.26 Å². The summed E-state index contributed by atoms with van der Waals surface area (Å²) >= 11 is 0. The number of aliphatic hydroxyl groups excluding tert-OH is 1. The minimum atomic E-state index is 0.0620. The second-order valence-electron chi connectivity index (χ2n) is 3.66. The van der Waals surface area contributed by atoms with Crippen LogP contribution in [-0.4, -0.2) is 17.8 Å². The van der Waals surface area contributed by atoms with Gasteiger partial charge in [-0.2, -0.15) is 0 Å². The Morgan fingerprint density at radius 3 is 2.71 bits per heavy atom. The fourth-order valence-corrected chi connectivity index (χ4v) is 1.73. The van der Waals surface area contributed by atoms with E-state index in [9.17, 15) is 0 Å². The minimum absolute atomic E-state index is 0.0620. The van der Waals surface area contributed by atoms with Crippen LogP contribution >= 0.6 is 0 Å². The third-order valence-corrected chi connectivity index (χ3v) is 2.67. The van der Waals surface area contributed by atoms with Crippen LogP contribution in [0, 0.1) is 6.92 Å². The third-order valence-electron chi connectivity index (χ3n) is 2.67. The molecule has 3 heteroatoms. The maximum Gasteiger partial charge on any atom is 0.111 e. The Balaban J connectivity index is 2.82. The van der Waals surface area contributed by atoms with Gasteiger partial charge < -0.3 is 15.3 Å². The van der Waals surface area contributed by atoms with Crippen LogP contribution in [0.1, 0.15) is 37.0 Å². The largest absolute Gasteiger partial charge is 0.469 e. The first kappa shape index (κ1) is 11.3. The Morgan fingerprint density at radius 1 is 1.57 bits per heavy atom. The molecule has 0 aliphatic carbocycles. The molecule has 0 amide bonds. The van der Waals surface area contributed by atoms with Crippen LogP contribution in [0.3, 0.4) is 0 Å². The van der Waals surface area contributed by atoms with Crippen molar-refractivity contribution in [3.05, 3.63) is 23.7 Å². The summed E-state index contributed by atoms with van der Waals surface area (Å²) in [6.07, 6.45) is 3.24. The summed E-state index contributed by atoms with van der Waals surface area (Å²) in [5.41, 5.74) is 7.11. The summed E-state index contributed by atoms with van der Waals surface area (Å²) < 4.78 is 5.41. The molecule has 14 heavy (non-hydrogen) atoms. The highest BCUT2D eigenvalue weighted by Gasteiger charge is 2.22. The van der Waals surface area contributed by atoms with E-state index in [1.165, 1.54) is 0 Å². The van der Waals surface area contributed by atoms with Gasteiger partial charge >= 0.3 is 0 Å². The second-order valence-corrected chi connectivity index (χ2v) is 3.66. The summed E-state index contributed by atoms with van der Waals surface area (Å²) in [6.45, 7) is 4.21. The van der Waals surface area contributed by atoms with Crippen molar-refractivity contribution in [2.24, 2.45) is 5.73 Å². The molecule has 0 radical (unpaired) electrons. The molecule has 0 spiro atoms. The average molecular weight is 197 g/mol. The summed E-state index contributed by atoms with van der Waals surface area (Å²) in [7, 11) is 0. The predicted octanol–water partition coefficient (Wildman–Crippen LogP) is 1.79. The van der Waals surface area contributed by atoms with Crippen molar-refractivity contribution in [3.63, 3.8) is 0 Å². The van der Waals surface area contributed by atoms with Gasteiger partial charge in [-0.15, -0.1) is 0 Å². The Hall–Kier alpha value is -0.800. The minimum Gasteiger partial charge on any atom is -0.469 e. The number of aryl methyl sites for hydroxylation is 1. The van der Waals surface area contributed by atoms with E-state index >= 15 is 0 Å². The normalized spacial score (nSPS) is 15.4. The molecule has 1 aromatic heterocycles. The molecule has 0 aliphatic rings. The summed E-state index contributed by atoms with van der Waals surface area (Å²) in [6, 6.07) is 1.99. The van der Waals surface area contributed by atoms with Crippen molar-refractivity contribution in [3.8, 4) is 0 Å². The smallest absolute Gasteiger partial charge is 0.111 e. The van der Waals surface area contributed by atoms with Crippen molar-refractivity contribution in [2.45, 2.75) is 38.6 Å². The number of furan rings is 1. The Morgan fingerprint density at radius 2 is 2.29 bits per heavy atom. The Labute approximate surface area is 84.9 Å². The lowest BCUT2D eigenvalue weighted by atomic mass is 9.91. The molecule has 1 heterocycles. The van der Waals surface area contributed by atoms with Gasteiger partial charge in [0.2, 0.25) is 0 Å². The van der Waals surface area contributed by atoms with Crippen molar-refractivity contribution < 1.29 is 9.52 Å². The molecular formula is C11H19NO2. The quantitative estimate of drug-likeness (QED) is 0.756. The van der Waals surface area contributed by atoms with Gasteiger partial charge in [-0.25, -0.2) is 0 Å². The van der Waals surface area contributed by atoms with Gasteiger partial charge in [0.25, 0.3) is 0 Å². The second kappa shape index (κ2) is 5.17. The first-order valence-corrected chi connectivity index (χ1v) is 5.11. The fourth-order valence-electron chi connectivity index (χ4n) is 1.73. The van der Waals surface area contributed by atoms with Gasteiger partial charge in [0.1, 0.15) is 5.76 Å². The molecule has 0 fully saturated rings. The monoisotopic (exact) mass is 197 g/mol. The van der Waals surface area contributed by atoms with E-state index in [-0.39, 0.29) is 18.6 Å². The first-order valence-electron chi connectivity index (χ1n) is 5.11. The lowest BCUT2D eigenvalue weighted by Gasteiger charge is -2.20. The van der Waals surface area contributed by atoms with Gasteiger partial charge in [-0.05, 0) is 31.4 Å². The zero-order valence-corrected chi connectivity index (χ0v) is 8.86. The number of aliphatic hydroxyl groups is 1. The van der Waals surface area contributed by atoms with Gasteiger partial charge in [0.15, 0.2) is 0 Å². The van der Waals surface area contributed by atoms with Gasteiger partial charge in [-0.1, -0.05) is 6.92 Å². The molecular weight excluding hydrogens is 178 g/mol. The number of rotatable bonds is 5. The molecule has 80 valence electrons. The highest BCUT2D eigenvalue weighted by Crippen LogP contribution is 2.27. The topological polar surface area (TPSA) is 59.4 Å². The SMILES string of the molecule is CCC(N)C(CCO)c1occc1C. The first-order chi connectivity index (χ1) is 6.70. The summed E-state index contributed by atoms with van der Waals surface area (Å²) in [5.74, 6) is 1.06. The number of nitrogens with two attached hydrogens (primary N) is 1. The van der Waals surface area contributed by atoms with Crippen molar-refractivity contribution >= 4 is 0 Å². The summed E-state index contributed by atoms with van der Waals surface area (Å²) in [5, 5.41) is 8.97. The molecule has 3 nitrogen and oxygen atoms in total. The van der Waals surface area contributed by atoms with Gasteiger partial charge in [0, 0.05) is 18.6 Å². The predicted molar refractivity (Wildman–Crippen MR) is 56.2 cm³/mol. The van der Waals surface area contributed by atoms with Gasteiger partial charge in [-0.3, -0.25) is 0 Å². The van der Waals surface area contributed by atoms with Crippen LogP contribution in [0.25, 0.3) is 0 Å². The highest BCUT2D eigenvalue weighted by atomic mass is 16.3. The van der Waals surface area contributed by atoms with Gasteiger partial charge in [0.05, 0.1) is 6.26 Å². The van der Waals surface area contributed by atoms with E-state index in [0.29, 0.717) is 6.42 Å². The lowest BCUT2D eigenvalue weighted by Crippen LogP contribution is -2.28. The van der Waals surface area contributed by atoms with E-state index in [0.717, 1.165) is 17.7 Å². The molecule has 0 bridgehead atoms. The molecule has 2 unspecified atom stereocenters. The van der Waals surface area contributed by atoms with E-state index < -0.39 is 0 Å². The number of hydrogen-bond acceptors (Lipinski definition) is 3. The molecule has 2 atom stereocenters. The standard InChI is InChI=1S/C11H19NO2/c1-3-10(12)9(4-6-13)11-8(2)5-7-14-11/h5,7,9-10,13H,3-4,6,12H2,1-2H3. The maximum atomic E-state index is 8.97. The van der Waals surface area contributed by atoms with Crippen LogP contribution in [0.2, 0.25) is 0 Å². The fraction of sp³-hybridized carbons (Fsp3) is 0.636. The molecule has 0 aromatic carbocycles. The lowest BCUT2D eigenvalue weighted by molar-refractivity contribution is 0.255. The molecule has 0 saturated carbocycles. The third kappa shape index (κ3) is 2.36. The molecule has 3 N–H and O–H groups in total. The zero-order chi connectivity index (χ0) is 10.6. The number of hydrogen-bond donors (Lipinski definition) is 2. The molecule has 1 rings (SSSR count). The van der Waals surface area contributed by atoms with E-state index in [4.69, 9.17) is 15.3 Å². The van der Waals surface area contributed by atoms with Crippen molar-refractivity contribution in [1.82, 2.24) is 0 Å². The van der Waals surface area contributed by atoms with Crippen molar-refractivity contribution in [2.75, 3.05) is 6.61 Å².